The molecule has 214 valence electrons. The second-order valence-corrected chi connectivity index (χ2v) is 13.5. The molecule has 0 fully saturated rings. The maximum Gasteiger partial charge on any atom is 0.264 e. The summed E-state index contributed by atoms with van der Waals surface area (Å²) in [6.45, 7) is 3.34. The topological polar surface area (TPSA) is 113 Å². The van der Waals surface area contributed by atoms with E-state index in [-0.39, 0.29) is 31.2 Å². The maximum absolute atomic E-state index is 13.6. The Morgan fingerprint density at radius 2 is 1.41 bits per heavy atom. The number of halogens is 2. The number of hydrogen-bond acceptors (Lipinski definition) is 5. The van der Waals surface area contributed by atoms with E-state index >= 15 is 0 Å². The van der Waals surface area contributed by atoms with Crippen molar-refractivity contribution in [2.45, 2.75) is 30.1 Å². The van der Waals surface area contributed by atoms with Gasteiger partial charge in [0.1, 0.15) is 6.54 Å². The number of rotatable bonds is 10. The summed E-state index contributed by atoms with van der Waals surface area (Å²) in [5.41, 5.74) is 2.66. The highest BCUT2D eigenvalue weighted by Crippen LogP contribution is 2.31. The molecular formula is C29H27Cl2N3O5S2. The van der Waals surface area contributed by atoms with Gasteiger partial charge in [-0.05, 0) is 79.6 Å². The van der Waals surface area contributed by atoms with Gasteiger partial charge in [-0.1, -0.05) is 66.0 Å². The Morgan fingerprint density at radius 3 is 2.02 bits per heavy atom. The van der Waals surface area contributed by atoms with Crippen molar-refractivity contribution in [2.75, 3.05) is 20.9 Å². The SMILES string of the molecule is CCc1ccc(N(CC(=O)Nc2ccc(S(=O)(=O)Nc3cccc(Cl)c3Cl)cc2)S(=O)(=O)c2ccc(C)cc2)cc1. The van der Waals surface area contributed by atoms with Gasteiger partial charge >= 0.3 is 0 Å². The number of nitrogens with one attached hydrogen (secondary N) is 2. The number of carbonyl (C=O) groups is 1. The monoisotopic (exact) mass is 631 g/mol. The largest absolute Gasteiger partial charge is 0.325 e. The third-order valence-corrected chi connectivity index (χ3v) is 10.2. The highest BCUT2D eigenvalue weighted by Gasteiger charge is 2.27. The van der Waals surface area contributed by atoms with E-state index in [0.717, 1.165) is 21.9 Å². The van der Waals surface area contributed by atoms with E-state index in [2.05, 4.69) is 10.0 Å². The number of aryl methyl sites for hydroxylation is 2. The van der Waals surface area contributed by atoms with Crippen molar-refractivity contribution in [3.8, 4) is 0 Å². The zero-order valence-electron chi connectivity index (χ0n) is 22.1. The smallest absolute Gasteiger partial charge is 0.264 e. The van der Waals surface area contributed by atoms with Crippen LogP contribution < -0.4 is 14.3 Å². The summed E-state index contributed by atoms with van der Waals surface area (Å²) in [4.78, 5) is 13.0. The number of sulfonamides is 2. The molecule has 0 aliphatic rings. The number of anilines is 3. The molecule has 0 spiro atoms. The summed E-state index contributed by atoms with van der Waals surface area (Å²) in [5, 5.41) is 2.91. The fourth-order valence-corrected chi connectivity index (χ4v) is 6.78. The normalized spacial score (nSPS) is 11.6. The molecule has 0 aliphatic heterocycles. The van der Waals surface area contributed by atoms with Gasteiger partial charge in [0.25, 0.3) is 20.0 Å². The Bertz CT molecular complexity index is 1760. The molecule has 4 rings (SSSR count). The fraction of sp³-hybridized carbons (Fsp3) is 0.138. The molecule has 0 radical (unpaired) electrons. The first-order valence-electron chi connectivity index (χ1n) is 12.5. The molecule has 4 aromatic carbocycles. The summed E-state index contributed by atoms with van der Waals surface area (Å²) in [5.74, 6) is -0.611. The minimum Gasteiger partial charge on any atom is -0.325 e. The Balaban J connectivity index is 1.54. The van der Waals surface area contributed by atoms with Crippen LogP contribution in [0.4, 0.5) is 17.1 Å². The summed E-state index contributed by atoms with van der Waals surface area (Å²) in [7, 11) is -8.08. The molecule has 0 saturated heterocycles. The Labute approximate surface area is 250 Å². The van der Waals surface area contributed by atoms with Gasteiger partial charge in [0.05, 0.1) is 31.2 Å². The van der Waals surface area contributed by atoms with E-state index in [0.29, 0.717) is 5.69 Å². The van der Waals surface area contributed by atoms with Crippen molar-refractivity contribution < 1.29 is 21.6 Å². The number of hydrogen-bond donors (Lipinski definition) is 2. The molecule has 0 aliphatic carbocycles. The third kappa shape index (κ3) is 7.20. The minimum atomic E-state index is -4.08. The third-order valence-electron chi connectivity index (χ3n) is 6.17. The first-order chi connectivity index (χ1) is 19.4. The number of carbonyl (C=O) groups excluding carboxylic acids is 1. The van der Waals surface area contributed by atoms with Gasteiger partial charge in [0.15, 0.2) is 0 Å². The highest BCUT2D eigenvalue weighted by molar-refractivity contribution is 7.93. The zero-order chi connectivity index (χ0) is 29.8. The predicted octanol–water partition coefficient (Wildman–Crippen LogP) is 6.50. The average Bonchev–Trinajstić information content (AvgIpc) is 2.95. The summed E-state index contributed by atoms with van der Waals surface area (Å²) in [6.07, 6.45) is 0.777. The molecule has 0 atom stereocenters. The molecule has 0 unspecified atom stereocenters. The van der Waals surface area contributed by atoms with Gasteiger partial charge < -0.3 is 5.32 Å². The highest BCUT2D eigenvalue weighted by atomic mass is 35.5. The number of nitrogens with zero attached hydrogens (tertiary/aromatic N) is 1. The van der Waals surface area contributed by atoms with Crippen LogP contribution in [0.3, 0.4) is 0 Å². The van der Waals surface area contributed by atoms with Crippen LogP contribution in [0.1, 0.15) is 18.1 Å². The van der Waals surface area contributed by atoms with Crippen LogP contribution >= 0.6 is 23.2 Å². The van der Waals surface area contributed by atoms with Crippen LogP contribution in [0, 0.1) is 6.92 Å². The van der Waals surface area contributed by atoms with Gasteiger partial charge in [-0.25, -0.2) is 16.8 Å². The van der Waals surface area contributed by atoms with Crippen LogP contribution in [-0.2, 0) is 31.3 Å². The van der Waals surface area contributed by atoms with E-state index in [1.807, 2.05) is 26.0 Å². The lowest BCUT2D eigenvalue weighted by molar-refractivity contribution is -0.114. The molecule has 0 saturated carbocycles. The molecule has 4 aromatic rings. The van der Waals surface area contributed by atoms with Crippen molar-refractivity contribution >= 4 is 66.2 Å². The molecule has 0 aromatic heterocycles. The van der Waals surface area contributed by atoms with Crippen LogP contribution in [0.25, 0.3) is 0 Å². The average molecular weight is 633 g/mol. The lowest BCUT2D eigenvalue weighted by Crippen LogP contribution is -2.38. The fourth-order valence-electron chi connectivity index (χ4n) is 3.89. The quantitative estimate of drug-likeness (QED) is 0.207. The Kier molecular flexibility index (Phi) is 9.28. The summed E-state index contributed by atoms with van der Waals surface area (Å²) in [6, 6.07) is 23.3. The van der Waals surface area contributed by atoms with Gasteiger partial charge in [0.2, 0.25) is 5.91 Å². The number of benzene rings is 4. The van der Waals surface area contributed by atoms with Gasteiger partial charge in [-0.15, -0.1) is 0 Å². The van der Waals surface area contributed by atoms with Gasteiger partial charge in [-0.3, -0.25) is 13.8 Å². The van der Waals surface area contributed by atoms with E-state index in [4.69, 9.17) is 23.2 Å². The summed E-state index contributed by atoms with van der Waals surface area (Å²) < 4.78 is 56.3. The second-order valence-electron chi connectivity index (χ2n) is 9.12. The van der Waals surface area contributed by atoms with Crippen LogP contribution in [0.5, 0.6) is 0 Å². The standard InChI is InChI=1S/C29H27Cl2N3O5S2/c1-3-21-9-13-23(14-10-21)34(41(38,39)25-15-7-20(2)8-16-25)19-28(35)32-22-11-17-24(18-12-22)40(36,37)33-27-6-4-5-26(30)29(27)31/h4-18,33H,3,19H2,1-2H3,(H,32,35). The van der Waals surface area contributed by atoms with Crippen LogP contribution in [0.2, 0.25) is 10.0 Å². The Hall–Kier alpha value is -3.57. The van der Waals surface area contributed by atoms with E-state index in [1.165, 1.54) is 48.5 Å². The first kappa shape index (κ1) is 30.4. The van der Waals surface area contributed by atoms with E-state index < -0.39 is 32.5 Å². The maximum atomic E-state index is 13.6. The molecule has 41 heavy (non-hydrogen) atoms. The van der Waals surface area contributed by atoms with E-state index in [9.17, 15) is 21.6 Å². The van der Waals surface area contributed by atoms with E-state index in [1.54, 1.807) is 30.3 Å². The van der Waals surface area contributed by atoms with Gasteiger partial charge in [0, 0.05) is 5.69 Å². The van der Waals surface area contributed by atoms with Crippen molar-refractivity contribution in [3.05, 3.63) is 112 Å². The summed E-state index contributed by atoms with van der Waals surface area (Å²) >= 11 is 12.1. The minimum absolute atomic E-state index is 0.0531. The first-order valence-corrected chi connectivity index (χ1v) is 16.1. The Morgan fingerprint density at radius 1 is 0.805 bits per heavy atom. The molecule has 0 heterocycles. The molecule has 1 amide bonds. The van der Waals surface area contributed by atoms with Crippen LogP contribution in [0.15, 0.2) is 101 Å². The lowest BCUT2D eigenvalue weighted by Gasteiger charge is -2.24. The molecular weight excluding hydrogens is 605 g/mol. The second kappa shape index (κ2) is 12.5. The molecule has 12 heteroatoms. The molecule has 8 nitrogen and oxygen atoms in total. The van der Waals surface area contributed by atoms with Crippen molar-refractivity contribution in [2.24, 2.45) is 0 Å². The van der Waals surface area contributed by atoms with Crippen molar-refractivity contribution in [3.63, 3.8) is 0 Å². The zero-order valence-corrected chi connectivity index (χ0v) is 25.3. The van der Waals surface area contributed by atoms with Gasteiger partial charge in [-0.2, -0.15) is 0 Å². The molecule has 2 N–H and O–H groups in total. The van der Waals surface area contributed by atoms with Crippen molar-refractivity contribution in [1.82, 2.24) is 0 Å². The molecule has 0 bridgehead atoms. The lowest BCUT2D eigenvalue weighted by atomic mass is 10.1. The predicted molar refractivity (Wildman–Crippen MR) is 164 cm³/mol. The van der Waals surface area contributed by atoms with Crippen molar-refractivity contribution in [1.29, 1.82) is 0 Å². The number of amides is 1. The van der Waals surface area contributed by atoms with Crippen LogP contribution in [-0.4, -0.2) is 29.3 Å².